The third-order valence-corrected chi connectivity index (χ3v) is 5.21. The Morgan fingerprint density at radius 1 is 1.03 bits per heavy atom. The summed E-state index contributed by atoms with van der Waals surface area (Å²) in [6, 6.07) is 18.3. The van der Waals surface area contributed by atoms with Crippen molar-refractivity contribution in [3.8, 4) is 17.1 Å². The van der Waals surface area contributed by atoms with Gasteiger partial charge in [0, 0.05) is 21.6 Å². The van der Waals surface area contributed by atoms with E-state index in [-0.39, 0.29) is 5.69 Å². The van der Waals surface area contributed by atoms with E-state index in [4.69, 9.17) is 9.72 Å². The summed E-state index contributed by atoms with van der Waals surface area (Å²) in [7, 11) is 1.62. The Morgan fingerprint density at radius 2 is 1.87 bits per heavy atom. The number of hydrogen-bond acceptors (Lipinski definition) is 7. The van der Waals surface area contributed by atoms with E-state index in [9.17, 15) is 4.79 Å². The highest BCUT2D eigenvalue weighted by Crippen LogP contribution is 2.27. The number of halogens is 1. The van der Waals surface area contributed by atoms with Crippen LogP contribution in [0.3, 0.4) is 0 Å². The van der Waals surface area contributed by atoms with E-state index in [1.165, 1.54) is 6.20 Å². The molecule has 1 N–H and O–H groups in total. The summed E-state index contributed by atoms with van der Waals surface area (Å²) in [5.41, 5.74) is 2.04. The van der Waals surface area contributed by atoms with Crippen LogP contribution in [0.1, 0.15) is 0 Å². The van der Waals surface area contributed by atoms with Crippen LogP contribution < -0.4 is 15.6 Å². The van der Waals surface area contributed by atoms with Crippen LogP contribution >= 0.6 is 15.9 Å². The lowest BCUT2D eigenvalue weighted by atomic mass is 10.2. The summed E-state index contributed by atoms with van der Waals surface area (Å²) in [5, 5.41) is 8.56. The van der Waals surface area contributed by atoms with Crippen LogP contribution in [0.2, 0.25) is 0 Å². The summed E-state index contributed by atoms with van der Waals surface area (Å²) in [6.45, 7) is 0. The zero-order chi connectivity index (χ0) is 21.4. The van der Waals surface area contributed by atoms with E-state index in [1.54, 1.807) is 29.8 Å². The Morgan fingerprint density at radius 3 is 2.68 bits per heavy atom. The maximum atomic E-state index is 12.3. The molecule has 0 saturated heterocycles. The Labute approximate surface area is 184 Å². The van der Waals surface area contributed by atoms with Crippen LogP contribution in [-0.4, -0.2) is 31.7 Å². The molecule has 0 bridgehead atoms. The van der Waals surface area contributed by atoms with Gasteiger partial charge in [-0.05, 0) is 54.6 Å². The number of ether oxygens (including phenoxy) is 1. The van der Waals surface area contributed by atoms with Gasteiger partial charge in [-0.1, -0.05) is 22.0 Å². The van der Waals surface area contributed by atoms with Gasteiger partial charge in [0.1, 0.15) is 11.4 Å². The average Bonchev–Trinajstić information content (AvgIpc) is 3.13. The lowest BCUT2D eigenvalue weighted by Crippen LogP contribution is -2.11. The normalized spacial score (nSPS) is 11.0. The lowest BCUT2D eigenvalue weighted by Gasteiger charge is -2.07. The van der Waals surface area contributed by atoms with E-state index in [1.807, 2.05) is 42.5 Å². The predicted molar refractivity (Wildman–Crippen MR) is 122 cm³/mol. The van der Waals surface area contributed by atoms with E-state index in [0.29, 0.717) is 22.9 Å². The van der Waals surface area contributed by atoms with Crippen molar-refractivity contribution < 1.29 is 4.74 Å². The smallest absolute Gasteiger partial charge is 0.293 e. The summed E-state index contributed by atoms with van der Waals surface area (Å²) in [4.78, 5) is 25.6. The summed E-state index contributed by atoms with van der Waals surface area (Å²) in [6.07, 6.45) is 1.45. The number of anilines is 2. The van der Waals surface area contributed by atoms with Gasteiger partial charge in [0.25, 0.3) is 5.56 Å². The highest BCUT2D eigenvalue weighted by atomic mass is 79.9. The Balaban J connectivity index is 1.73. The summed E-state index contributed by atoms with van der Waals surface area (Å²) < 4.78 is 7.71. The van der Waals surface area contributed by atoms with Gasteiger partial charge in [-0.2, -0.15) is 4.52 Å². The first-order chi connectivity index (χ1) is 15.1. The second-order valence-corrected chi connectivity index (χ2v) is 7.59. The third kappa shape index (κ3) is 3.59. The molecular formula is C22H15BrN6O2. The van der Waals surface area contributed by atoms with Crippen LogP contribution in [0.25, 0.3) is 27.9 Å². The molecular weight excluding hydrogens is 460 g/mol. The first-order valence-electron chi connectivity index (χ1n) is 9.35. The van der Waals surface area contributed by atoms with Gasteiger partial charge in [-0.15, -0.1) is 5.10 Å². The van der Waals surface area contributed by atoms with Crippen molar-refractivity contribution in [2.24, 2.45) is 0 Å². The molecule has 152 valence electrons. The second-order valence-electron chi connectivity index (χ2n) is 6.67. The van der Waals surface area contributed by atoms with Gasteiger partial charge in [-0.25, -0.2) is 15.0 Å². The number of fused-ring (bicyclic) bond motifs is 3. The van der Waals surface area contributed by atoms with Crippen LogP contribution in [0.15, 0.2) is 76.1 Å². The van der Waals surface area contributed by atoms with E-state index >= 15 is 0 Å². The fraction of sp³-hybridized carbons (Fsp3) is 0.0455. The van der Waals surface area contributed by atoms with E-state index in [2.05, 4.69) is 36.3 Å². The molecule has 5 aromatic rings. The number of rotatable bonds is 4. The maximum absolute atomic E-state index is 12.3. The predicted octanol–water partition coefficient (Wildman–Crippen LogP) is 4.21. The minimum absolute atomic E-state index is 0.287. The fourth-order valence-electron chi connectivity index (χ4n) is 3.19. The van der Waals surface area contributed by atoms with Crippen LogP contribution in [0.5, 0.6) is 5.75 Å². The Kier molecular flexibility index (Phi) is 4.79. The van der Waals surface area contributed by atoms with Gasteiger partial charge in [0.15, 0.2) is 11.5 Å². The third-order valence-electron chi connectivity index (χ3n) is 4.71. The molecule has 31 heavy (non-hydrogen) atoms. The highest BCUT2D eigenvalue weighted by Gasteiger charge is 2.16. The van der Waals surface area contributed by atoms with Gasteiger partial charge in [0.05, 0.1) is 12.6 Å². The molecule has 0 atom stereocenters. The lowest BCUT2D eigenvalue weighted by molar-refractivity contribution is 0.415. The number of nitrogens with one attached hydrogen (secondary N) is 1. The van der Waals surface area contributed by atoms with Crippen LogP contribution in [-0.2, 0) is 0 Å². The molecule has 9 heteroatoms. The van der Waals surface area contributed by atoms with E-state index < -0.39 is 5.56 Å². The van der Waals surface area contributed by atoms with Gasteiger partial charge in [-0.3, -0.25) is 4.79 Å². The monoisotopic (exact) mass is 474 g/mol. The largest absolute Gasteiger partial charge is 0.497 e. The first kappa shape index (κ1) is 19.1. The maximum Gasteiger partial charge on any atom is 0.293 e. The molecule has 0 aliphatic heterocycles. The van der Waals surface area contributed by atoms with Crippen molar-refractivity contribution in [1.29, 1.82) is 0 Å². The number of methoxy groups -OCH3 is 1. The molecule has 0 aliphatic carbocycles. The quantitative estimate of drug-likeness (QED) is 0.416. The van der Waals surface area contributed by atoms with Crippen LogP contribution in [0, 0.1) is 0 Å². The minimum atomic E-state index is -0.398. The molecule has 0 unspecified atom stereocenters. The molecule has 0 saturated carbocycles. The van der Waals surface area contributed by atoms with Crippen molar-refractivity contribution >= 4 is 44.1 Å². The topological polar surface area (TPSA) is 94.3 Å². The molecule has 0 fully saturated rings. The van der Waals surface area contributed by atoms with Crippen molar-refractivity contribution in [3.05, 3.63) is 81.7 Å². The highest BCUT2D eigenvalue weighted by molar-refractivity contribution is 9.10. The number of aromatic nitrogens is 5. The average molecular weight is 475 g/mol. The molecule has 0 radical (unpaired) electrons. The summed E-state index contributed by atoms with van der Waals surface area (Å²) >= 11 is 3.49. The second kappa shape index (κ2) is 7.77. The zero-order valence-electron chi connectivity index (χ0n) is 16.3. The van der Waals surface area contributed by atoms with Crippen molar-refractivity contribution in [2.45, 2.75) is 0 Å². The van der Waals surface area contributed by atoms with Gasteiger partial charge < -0.3 is 10.1 Å². The van der Waals surface area contributed by atoms with Gasteiger partial charge >= 0.3 is 0 Å². The number of hydrogen-bond donors (Lipinski definition) is 1. The SMILES string of the molecule is COc1ccc(-c2nc3c4ccc(Br)cc4nc(Nc4ccccnc4=O)n3n2)cc1. The minimum Gasteiger partial charge on any atom is -0.497 e. The number of benzene rings is 2. The van der Waals surface area contributed by atoms with Crippen molar-refractivity contribution in [1.82, 2.24) is 24.6 Å². The molecule has 3 aromatic heterocycles. The fourth-order valence-corrected chi connectivity index (χ4v) is 3.54. The van der Waals surface area contributed by atoms with Gasteiger partial charge in [0.2, 0.25) is 5.95 Å². The molecule has 8 nitrogen and oxygen atoms in total. The van der Waals surface area contributed by atoms with Crippen molar-refractivity contribution in [2.75, 3.05) is 12.4 Å². The Hall–Kier alpha value is -3.85. The molecule has 3 heterocycles. The van der Waals surface area contributed by atoms with Crippen LogP contribution in [0.4, 0.5) is 11.6 Å². The van der Waals surface area contributed by atoms with E-state index in [0.717, 1.165) is 21.2 Å². The molecule has 0 amide bonds. The Bertz CT molecular complexity index is 1480. The zero-order valence-corrected chi connectivity index (χ0v) is 17.9. The number of nitrogens with zero attached hydrogens (tertiary/aromatic N) is 5. The molecule has 2 aromatic carbocycles. The van der Waals surface area contributed by atoms with Crippen molar-refractivity contribution in [3.63, 3.8) is 0 Å². The standard InChI is InChI=1S/C22H15BrN6O2/c1-31-15-8-5-13(6-9-15)19-27-20-16-10-7-14(23)12-18(16)26-22(29(20)28-19)25-17-4-2-3-11-24-21(17)30/h2-12H,1H3,(H,24,25,26,30). The molecule has 5 rings (SSSR count). The molecule has 0 aliphatic rings. The first-order valence-corrected chi connectivity index (χ1v) is 10.1. The summed E-state index contributed by atoms with van der Waals surface area (Å²) in [5.74, 6) is 1.64. The molecule has 0 spiro atoms.